The minimum atomic E-state index is -1.32. The highest BCUT2D eigenvalue weighted by Crippen LogP contribution is 2.39. The van der Waals surface area contributed by atoms with Crippen LogP contribution in [-0.4, -0.2) is 57.8 Å². The van der Waals surface area contributed by atoms with E-state index in [4.69, 9.17) is 0 Å². The monoisotopic (exact) mass is 406 g/mol. The number of nitrogens with one attached hydrogen (secondary N) is 1. The number of carbonyl (C=O) groups excluding carboxylic acids is 2. The molecular weight excluding hydrogens is 385 g/mol. The Labute approximate surface area is 165 Å². The number of amides is 2. The van der Waals surface area contributed by atoms with Crippen molar-refractivity contribution in [1.82, 2.24) is 19.8 Å². The average molecular weight is 406 g/mol. The molecule has 4 rings (SSSR count). The molecule has 154 valence electrons. The third-order valence-corrected chi connectivity index (χ3v) is 5.88. The van der Waals surface area contributed by atoms with E-state index < -0.39 is 28.9 Å². The number of carbonyl (C=O) groups is 2. The molecule has 6 nitrogen and oxygen atoms in total. The number of aromatic amines is 1. The molecule has 1 aromatic heterocycles. The van der Waals surface area contributed by atoms with Crippen molar-refractivity contribution in [2.24, 2.45) is 5.41 Å². The van der Waals surface area contributed by atoms with Crippen molar-refractivity contribution in [3.8, 4) is 0 Å². The molecule has 2 aromatic rings. The average Bonchev–Trinajstić information content (AvgIpc) is 3.34. The number of piperidine rings is 1. The molecule has 1 atom stereocenters. The molecule has 29 heavy (non-hydrogen) atoms. The number of nitrogens with zero attached hydrogens (tertiary/aromatic N) is 3. The Morgan fingerprint density at radius 1 is 1.03 bits per heavy atom. The van der Waals surface area contributed by atoms with Gasteiger partial charge < -0.3 is 14.8 Å². The normalized spacial score (nSPS) is 21.8. The van der Waals surface area contributed by atoms with E-state index in [2.05, 4.69) is 9.97 Å². The summed E-state index contributed by atoms with van der Waals surface area (Å²) in [5.74, 6) is -4.31. The van der Waals surface area contributed by atoms with Crippen molar-refractivity contribution in [2.45, 2.75) is 25.7 Å². The van der Waals surface area contributed by atoms with Gasteiger partial charge in [0.25, 0.3) is 5.91 Å². The maximum absolute atomic E-state index is 14.0. The third kappa shape index (κ3) is 3.86. The summed E-state index contributed by atoms with van der Waals surface area (Å²) in [6, 6.07) is 1.00. The van der Waals surface area contributed by atoms with Crippen LogP contribution in [0.1, 0.15) is 35.3 Å². The largest absolute Gasteiger partial charge is 0.348 e. The zero-order valence-electron chi connectivity index (χ0n) is 15.8. The number of imidazole rings is 1. The van der Waals surface area contributed by atoms with Gasteiger partial charge in [-0.15, -0.1) is 0 Å². The quantitative estimate of drug-likeness (QED) is 0.797. The van der Waals surface area contributed by atoms with Gasteiger partial charge in [0.1, 0.15) is 5.82 Å². The van der Waals surface area contributed by atoms with Gasteiger partial charge in [-0.2, -0.15) is 0 Å². The van der Waals surface area contributed by atoms with Gasteiger partial charge in [-0.05, 0) is 25.3 Å². The molecule has 1 spiro atoms. The van der Waals surface area contributed by atoms with E-state index in [1.165, 1.54) is 11.2 Å². The van der Waals surface area contributed by atoms with Crippen LogP contribution in [0.4, 0.5) is 13.2 Å². The predicted molar refractivity (Wildman–Crippen MR) is 97.4 cm³/mol. The summed E-state index contributed by atoms with van der Waals surface area (Å²) >= 11 is 0. The van der Waals surface area contributed by atoms with E-state index in [0.717, 1.165) is 18.5 Å². The zero-order chi connectivity index (χ0) is 20.6. The lowest BCUT2D eigenvalue weighted by atomic mass is 9.79. The van der Waals surface area contributed by atoms with E-state index in [1.807, 2.05) is 0 Å². The smallest absolute Gasteiger partial charge is 0.256 e. The minimum absolute atomic E-state index is 0.00949. The molecule has 3 heterocycles. The molecule has 2 aliphatic rings. The molecule has 2 aliphatic heterocycles. The van der Waals surface area contributed by atoms with Gasteiger partial charge in [0.2, 0.25) is 5.91 Å². The molecule has 0 radical (unpaired) electrons. The van der Waals surface area contributed by atoms with Crippen LogP contribution in [-0.2, 0) is 11.2 Å². The predicted octanol–water partition coefficient (Wildman–Crippen LogP) is 2.52. The van der Waals surface area contributed by atoms with Crippen LogP contribution < -0.4 is 0 Å². The van der Waals surface area contributed by atoms with Crippen LogP contribution in [0.15, 0.2) is 24.7 Å². The van der Waals surface area contributed by atoms with E-state index >= 15 is 0 Å². The van der Waals surface area contributed by atoms with Gasteiger partial charge in [-0.25, -0.2) is 18.2 Å². The Kier molecular flexibility index (Phi) is 5.06. The van der Waals surface area contributed by atoms with Crippen LogP contribution >= 0.6 is 0 Å². The van der Waals surface area contributed by atoms with Crippen LogP contribution in [0.5, 0.6) is 0 Å². The molecule has 1 unspecified atom stereocenters. The first-order chi connectivity index (χ1) is 13.9. The fourth-order valence-electron chi connectivity index (χ4n) is 4.38. The Hall–Kier alpha value is -2.84. The highest BCUT2D eigenvalue weighted by molar-refractivity contribution is 5.94. The first-order valence-electron chi connectivity index (χ1n) is 9.56. The molecule has 9 heteroatoms. The maximum atomic E-state index is 14.0. The van der Waals surface area contributed by atoms with Crippen molar-refractivity contribution < 1.29 is 22.8 Å². The molecule has 2 saturated heterocycles. The van der Waals surface area contributed by atoms with Crippen molar-refractivity contribution in [2.75, 3.05) is 26.2 Å². The van der Waals surface area contributed by atoms with Crippen LogP contribution in [0.2, 0.25) is 0 Å². The second kappa shape index (κ2) is 7.53. The molecule has 1 aromatic carbocycles. The molecule has 0 saturated carbocycles. The number of hydrogen-bond acceptors (Lipinski definition) is 3. The lowest BCUT2D eigenvalue weighted by Gasteiger charge is -2.40. The Morgan fingerprint density at radius 3 is 2.55 bits per heavy atom. The van der Waals surface area contributed by atoms with E-state index in [1.54, 1.807) is 11.1 Å². The number of rotatable bonds is 3. The SMILES string of the molecule is O=C(Cc1cnc[nH]1)N1CCCC2(CCN(C(=O)c3cc(F)c(F)cc3F)C2)C1. The van der Waals surface area contributed by atoms with Crippen molar-refractivity contribution in [3.63, 3.8) is 0 Å². The van der Waals surface area contributed by atoms with Crippen LogP contribution in [0.25, 0.3) is 0 Å². The summed E-state index contributed by atoms with van der Waals surface area (Å²) in [7, 11) is 0. The topological polar surface area (TPSA) is 69.3 Å². The van der Waals surface area contributed by atoms with E-state index in [-0.39, 0.29) is 17.7 Å². The molecule has 2 amide bonds. The number of benzene rings is 1. The number of H-pyrrole nitrogens is 1. The summed E-state index contributed by atoms with van der Waals surface area (Å²) in [4.78, 5) is 35.4. The van der Waals surface area contributed by atoms with Gasteiger partial charge >= 0.3 is 0 Å². The van der Waals surface area contributed by atoms with E-state index in [9.17, 15) is 22.8 Å². The van der Waals surface area contributed by atoms with Gasteiger partial charge in [-0.3, -0.25) is 9.59 Å². The summed E-state index contributed by atoms with van der Waals surface area (Å²) in [6.07, 6.45) is 5.72. The Balaban J connectivity index is 1.44. The van der Waals surface area contributed by atoms with Crippen molar-refractivity contribution in [3.05, 3.63) is 53.4 Å². The van der Waals surface area contributed by atoms with Crippen molar-refractivity contribution in [1.29, 1.82) is 0 Å². The fraction of sp³-hybridized carbons (Fsp3) is 0.450. The first-order valence-corrected chi connectivity index (χ1v) is 9.56. The zero-order valence-corrected chi connectivity index (χ0v) is 15.8. The second-order valence-electron chi connectivity index (χ2n) is 7.90. The summed E-state index contributed by atoms with van der Waals surface area (Å²) in [5, 5.41) is 0. The number of likely N-dealkylation sites (tertiary alicyclic amines) is 2. The lowest BCUT2D eigenvalue weighted by Crippen LogP contribution is -2.48. The van der Waals surface area contributed by atoms with Gasteiger partial charge in [0.05, 0.1) is 18.3 Å². The molecule has 2 fully saturated rings. The third-order valence-electron chi connectivity index (χ3n) is 5.88. The fourth-order valence-corrected chi connectivity index (χ4v) is 4.38. The minimum Gasteiger partial charge on any atom is -0.348 e. The van der Waals surface area contributed by atoms with Crippen LogP contribution in [0.3, 0.4) is 0 Å². The van der Waals surface area contributed by atoms with Crippen LogP contribution in [0, 0.1) is 22.9 Å². The second-order valence-corrected chi connectivity index (χ2v) is 7.90. The maximum Gasteiger partial charge on any atom is 0.256 e. The lowest BCUT2D eigenvalue weighted by molar-refractivity contribution is -0.133. The summed E-state index contributed by atoms with van der Waals surface area (Å²) in [5.41, 5.74) is 0.0164. The number of hydrogen-bond donors (Lipinski definition) is 1. The number of halogens is 3. The van der Waals surface area contributed by atoms with Crippen molar-refractivity contribution >= 4 is 11.8 Å². The van der Waals surface area contributed by atoms with Gasteiger partial charge in [0, 0.05) is 49.6 Å². The Morgan fingerprint density at radius 2 is 1.79 bits per heavy atom. The molecule has 1 N–H and O–H groups in total. The molecule has 0 bridgehead atoms. The summed E-state index contributed by atoms with van der Waals surface area (Å²) in [6.45, 7) is 1.92. The molecular formula is C20H21F3N4O2. The van der Waals surface area contributed by atoms with E-state index in [0.29, 0.717) is 44.7 Å². The molecule has 0 aliphatic carbocycles. The first kappa shape index (κ1) is 19.5. The highest BCUT2D eigenvalue weighted by atomic mass is 19.2. The standard InChI is InChI=1S/C20H21F3N4O2/c21-15-8-17(23)16(22)7-14(15)19(29)27-5-3-20(11-27)2-1-4-26(10-20)18(28)6-13-9-24-12-25-13/h7-9,12H,1-6,10-11H2,(H,24,25). The summed E-state index contributed by atoms with van der Waals surface area (Å²) < 4.78 is 40.6. The van der Waals surface area contributed by atoms with Gasteiger partial charge in [0.15, 0.2) is 11.6 Å². The highest BCUT2D eigenvalue weighted by Gasteiger charge is 2.44. The number of aromatic nitrogens is 2. The Bertz CT molecular complexity index is 934. The van der Waals surface area contributed by atoms with Gasteiger partial charge in [-0.1, -0.05) is 0 Å².